The minimum absolute atomic E-state index is 0.0613. The van der Waals surface area contributed by atoms with Crippen LogP contribution in [0.2, 0.25) is 0 Å². The Labute approximate surface area is 428 Å². The summed E-state index contributed by atoms with van der Waals surface area (Å²) in [5.74, 6) is -2.96. The summed E-state index contributed by atoms with van der Waals surface area (Å²) < 4.78 is 58.8. The molecule has 4 aliphatic heterocycles. The molecule has 0 bridgehead atoms. The number of nitrogens with zero attached hydrogens (tertiary/aromatic N) is 4. The number of hydrogen-bond acceptors (Lipinski definition) is 20. The first-order valence-corrected chi connectivity index (χ1v) is 25.7. The zero-order valence-corrected chi connectivity index (χ0v) is 42.3. The Morgan fingerprint density at radius 2 is 1.74 bits per heavy atom. The van der Waals surface area contributed by atoms with Crippen LogP contribution < -0.4 is 10.6 Å². The number of carbonyl (C=O) groups is 3. The predicted octanol–water partition coefficient (Wildman–Crippen LogP) is -1.96. The third kappa shape index (κ3) is 13.1. The number of amides is 3. The second kappa shape index (κ2) is 25.5. The van der Waals surface area contributed by atoms with E-state index in [2.05, 4.69) is 20.9 Å². The molecule has 11 unspecified atom stereocenters. The molecule has 24 nitrogen and oxygen atoms in total. The van der Waals surface area contributed by atoms with Crippen molar-refractivity contribution < 1.29 is 92.8 Å². The second-order valence-corrected chi connectivity index (χ2v) is 20.3. The molecule has 2 aromatic rings. The number of nitrogens with one attached hydrogen (secondary N) is 2. The normalized spacial score (nSPS) is 35.6. The Morgan fingerprint density at radius 3 is 2.39 bits per heavy atom. The van der Waals surface area contributed by atoms with Crippen LogP contribution >= 0.6 is 0 Å². The number of aliphatic hydroxyl groups is 8. The lowest BCUT2D eigenvalue weighted by molar-refractivity contribution is -0.342. The van der Waals surface area contributed by atoms with Crippen molar-refractivity contribution in [3.05, 3.63) is 36.3 Å². The van der Waals surface area contributed by atoms with E-state index in [0.29, 0.717) is 37.9 Å². The average Bonchev–Trinajstić information content (AvgIpc) is 3.85. The third-order valence-electron chi connectivity index (χ3n) is 14.9. The van der Waals surface area contributed by atoms with Crippen LogP contribution in [0.3, 0.4) is 0 Å². The van der Waals surface area contributed by atoms with Crippen molar-refractivity contribution in [2.75, 3.05) is 59.3 Å². The van der Waals surface area contributed by atoms with Crippen molar-refractivity contribution in [1.82, 2.24) is 30.5 Å². The molecule has 1 saturated carbocycles. The molecule has 5 fully saturated rings. The first-order valence-electron chi connectivity index (χ1n) is 25.7. The Hall–Kier alpha value is -3.90. The van der Waals surface area contributed by atoms with Gasteiger partial charge in [-0.25, -0.2) is 9.07 Å². The van der Waals surface area contributed by atoms with Gasteiger partial charge in [0.25, 0.3) is 5.91 Å². The lowest BCUT2D eigenvalue weighted by Crippen LogP contribution is -2.66. The first kappa shape index (κ1) is 57.8. The summed E-state index contributed by atoms with van der Waals surface area (Å²) in [7, 11) is 0. The second-order valence-electron chi connectivity index (χ2n) is 20.3. The summed E-state index contributed by atoms with van der Waals surface area (Å²) in [5, 5.41) is 101. The van der Waals surface area contributed by atoms with E-state index in [9.17, 15) is 59.6 Å². The molecule has 1 aromatic carbocycles. The smallest absolute Gasteiger partial charge is 0.251 e. The summed E-state index contributed by atoms with van der Waals surface area (Å²) in [4.78, 5) is 42.5. The van der Waals surface area contributed by atoms with Crippen LogP contribution in [0.25, 0.3) is 11.3 Å². The van der Waals surface area contributed by atoms with Gasteiger partial charge in [0, 0.05) is 44.5 Å². The van der Waals surface area contributed by atoms with Crippen molar-refractivity contribution in [2.24, 2.45) is 11.8 Å². The zero-order chi connectivity index (χ0) is 53.5. The molecule has 7 rings (SSSR count). The Balaban J connectivity index is 1.09. The lowest BCUT2D eigenvalue weighted by Gasteiger charge is -2.50. The molecule has 1 aliphatic carbocycles. The topological polar surface area (TPSA) is 336 Å². The van der Waals surface area contributed by atoms with E-state index in [1.165, 1.54) is 42.9 Å². The fraction of sp³-hybridized carbons (Fsp3) is 0.776. The van der Waals surface area contributed by atoms with E-state index in [1.807, 2.05) is 13.8 Å². The van der Waals surface area contributed by atoms with Gasteiger partial charge in [0.1, 0.15) is 71.4 Å². The molecule has 0 spiro atoms. The highest BCUT2D eigenvalue weighted by Crippen LogP contribution is 2.41. The van der Waals surface area contributed by atoms with Gasteiger partial charge < -0.3 is 89.5 Å². The number of halogens is 1. The van der Waals surface area contributed by atoms with Gasteiger partial charge in [-0.1, -0.05) is 44.0 Å². The van der Waals surface area contributed by atoms with Crippen LogP contribution in [0.1, 0.15) is 78.7 Å². The van der Waals surface area contributed by atoms with Crippen molar-refractivity contribution >= 4 is 17.7 Å². The molecule has 1 aromatic heterocycles. The van der Waals surface area contributed by atoms with E-state index in [1.54, 1.807) is 11.0 Å². The minimum atomic E-state index is -1.92. The molecule has 416 valence electrons. The number of aliphatic hydroxyl groups excluding tert-OH is 7. The predicted molar refractivity (Wildman–Crippen MR) is 253 cm³/mol. The highest BCUT2D eigenvalue weighted by atomic mass is 19.1. The van der Waals surface area contributed by atoms with Gasteiger partial charge in [0.05, 0.1) is 70.3 Å². The van der Waals surface area contributed by atoms with E-state index >= 15 is 0 Å². The SMILES string of the molecule is CCC[C@H](OC1CC(CO)(CO)O[C@@H](O[C@@H]2CC(C(=O)NCCOCC3(O)COC(CO)[C@@H](O)C3n3cc(-c4cccc(F)c4)nn3)CC(CC)C2O[C@@H]2OC(C)[C@@H](O)C(O)C2O)C1NC(C)=O)C(=O)N1CCC1. The summed E-state index contributed by atoms with van der Waals surface area (Å²) in [6, 6.07) is 3.27. The number of carbonyl (C=O) groups excluding carboxylic acids is 3. The lowest BCUT2D eigenvalue weighted by atomic mass is 9.75. The summed E-state index contributed by atoms with van der Waals surface area (Å²) in [5.41, 5.74) is -2.96. The number of aromatic nitrogens is 3. The highest BCUT2D eigenvalue weighted by Gasteiger charge is 2.55. The van der Waals surface area contributed by atoms with Crippen molar-refractivity contribution in [3.63, 3.8) is 0 Å². The monoisotopic (exact) mass is 1050 g/mol. The number of hydrogen-bond donors (Lipinski definition) is 10. The Morgan fingerprint density at radius 1 is 0.986 bits per heavy atom. The van der Waals surface area contributed by atoms with Crippen molar-refractivity contribution in [2.45, 2.75) is 170 Å². The van der Waals surface area contributed by atoms with Crippen LogP contribution in [-0.2, 0) is 47.5 Å². The molecule has 17 atom stereocenters. The van der Waals surface area contributed by atoms with E-state index in [4.69, 9.17) is 33.2 Å². The molecular weight excluding hydrogens is 980 g/mol. The average molecular weight is 1060 g/mol. The van der Waals surface area contributed by atoms with Crippen molar-refractivity contribution in [1.29, 1.82) is 0 Å². The standard InChI is InChI=1S/C49H75FN6O18/c1-5-9-33(45(66)55-13-8-14-55)71-35-19-48(22-58,23-59)74-46(37(35)52-27(4)60)72-34-18-30(16-28(6-2)42(34)73-47-41(64)40(63)38(61)26(3)70-47)44(65)51-12-15-68-24-49(67)25-69-36(21-57)39(62)43(49)56-20-32(53-54-56)29-10-7-11-31(50)17-29/h7,10-11,17,20,26,28,30,33-43,46-47,57-59,61-64,67H,5-6,8-9,12-16,18-19,21-25H2,1-4H3,(H,51,65)(H,52,60)/t26?,28?,30?,33-,34+,35?,36?,37?,38+,39+,40?,41?,42?,43?,46+,47-,49?/m0/s1. The van der Waals surface area contributed by atoms with Crippen LogP contribution in [-0.4, -0.2) is 229 Å². The zero-order valence-electron chi connectivity index (χ0n) is 42.3. The molecule has 10 N–H and O–H groups in total. The van der Waals surface area contributed by atoms with Gasteiger partial charge in [0.2, 0.25) is 11.8 Å². The van der Waals surface area contributed by atoms with E-state index in [-0.39, 0.29) is 50.6 Å². The highest BCUT2D eigenvalue weighted by molar-refractivity contribution is 5.81. The molecule has 0 radical (unpaired) electrons. The summed E-state index contributed by atoms with van der Waals surface area (Å²) in [6.07, 6.45) is -11.8. The molecule has 5 aliphatic rings. The first-order chi connectivity index (χ1) is 35.4. The maximum atomic E-state index is 14.2. The molecule has 25 heteroatoms. The minimum Gasteiger partial charge on any atom is -0.394 e. The van der Waals surface area contributed by atoms with Gasteiger partial charge in [-0.2, -0.15) is 0 Å². The molecule has 3 amide bonds. The quantitative estimate of drug-likeness (QED) is 0.0572. The fourth-order valence-corrected chi connectivity index (χ4v) is 10.6. The Bertz CT molecular complexity index is 2160. The van der Waals surface area contributed by atoms with Gasteiger partial charge in [-0.15, -0.1) is 5.10 Å². The molecule has 74 heavy (non-hydrogen) atoms. The van der Waals surface area contributed by atoms with Gasteiger partial charge in [-0.3, -0.25) is 14.4 Å². The third-order valence-corrected chi connectivity index (χ3v) is 14.9. The molecule has 5 heterocycles. The summed E-state index contributed by atoms with van der Waals surface area (Å²) in [6.45, 7) is 4.65. The largest absolute Gasteiger partial charge is 0.394 e. The molecular formula is C49H75FN6O18. The van der Waals surface area contributed by atoms with Crippen LogP contribution in [0.5, 0.6) is 0 Å². The number of benzene rings is 1. The summed E-state index contributed by atoms with van der Waals surface area (Å²) >= 11 is 0. The van der Waals surface area contributed by atoms with Gasteiger partial charge in [0.15, 0.2) is 12.6 Å². The van der Waals surface area contributed by atoms with E-state index in [0.717, 1.165) is 6.42 Å². The Kier molecular flexibility index (Phi) is 19.9. The number of likely N-dealkylation sites (tertiary alicyclic amines) is 1. The fourth-order valence-electron chi connectivity index (χ4n) is 10.6. The van der Waals surface area contributed by atoms with Gasteiger partial charge >= 0.3 is 0 Å². The maximum Gasteiger partial charge on any atom is 0.251 e. The van der Waals surface area contributed by atoms with E-state index < -0.39 is 153 Å². The van der Waals surface area contributed by atoms with Crippen LogP contribution in [0.15, 0.2) is 30.5 Å². The van der Waals surface area contributed by atoms with Crippen LogP contribution in [0, 0.1) is 17.7 Å². The number of rotatable bonds is 22. The molecule has 4 saturated heterocycles. The van der Waals surface area contributed by atoms with Crippen molar-refractivity contribution in [3.8, 4) is 11.3 Å². The van der Waals surface area contributed by atoms with Gasteiger partial charge in [-0.05, 0) is 50.7 Å². The van der Waals surface area contributed by atoms with Crippen LogP contribution in [0.4, 0.5) is 4.39 Å². The number of ether oxygens (including phenoxy) is 7. The maximum absolute atomic E-state index is 14.2.